The molecule has 1 aromatic heterocycles. The number of hydrogen-bond acceptors (Lipinski definition) is 4. The van der Waals surface area contributed by atoms with Gasteiger partial charge in [0.2, 0.25) is 0 Å². The summed E-state index contributed by atoms with van der Waals surface area (Å²) in [6.45, 7) is 4.36. The summed E-state index contributed by atoms with van der Waals surface area (Å²) in [4.78, 5) is 12.9. The summed E-state index contributed by atoms with van der Waals surface area (Å²) in [5.41, 5.74) is 1.49. The Labute approximate surface area is 123 Å². The van der Waals surface area contributed by atoms with Crippen molar-refractivity contribution in [3.8, 4) is 0 Å². The van der Waals surface area contributed by atoms with Gasteiger partial charge in [0.15, 0.2) is 0 Å². The van der Waals surface area contributed by atoms with Crippen molar-refractivity contribution in [1.82, 2.24) is 0 Å². The molecule has 0 saturated carbocycles. The van der Waals surface area contributed by atoms with Gasteiger partial charge in [0.1, 0.15) is 0 Å². The minimum absolute atomic E-state index is 0.239. The van der Waals surface area contributed by atoms with Crippen LogP contribution in [-0.4, -0.2) is 13.1 Å². The number of benzene rings is 1. The number of anilines is 1. The van der Waals surface area contributed by atoms with Crippen LogP contribution in [-0.2, 0) is 4.74 Å². The van der Waals surface area contributed by atoms with E-state index in [0.29, 0.717) is 11.5 Å². The van der Waals surface area contributed by atoms with Crippen molar-refractivity contribution < 1.29 is 9.53 Å². The maximum Gasteiger partial charge on any atom is 0.337 e. The summed E-state index contributed by atoms with van der Waals surface area (Å²) in [5.74, 6) is 0.140. The average Bonchev–Trinajstić information content (AvgIpc) is 2.97. The van der Waals surface area contributed by atoms with Gasteiger partial charge in [-0.25, -0.2) is 4.79 Å². The minimum Gasteiger partial charge on any atom is -0.465 e. The number of carbonyl (C=O) groups is 1. The van der Waals surface area contributed by atoms with Crippen LogP contribution >= 0.6 is 11.3 Å². The monoisotopic (exact) mass is 289 g/mol. The Balaban J connectivity index is 2.21. The molecule has 0 bridgehead atoms. The minimum atomic E-state index is -0.314. The Morgan fingerprint density at radius 2 is 2.05 bits per heavy atom. The van der Waals surface area contributed by atoms with E-state index in [-0.39, 0.29) is 12.0 Å². The molecule has 20 heavy (non-hydrogen) atoms. The molecule has 1 unspecified atom stereocenters. The summed E-state index contributed by atoms with van der Waals surface area (Å²) in [6.07, 6.45) is 0. The van der Waals surface area contributed by atoms with Crippen LogP contribution in [0.3, 0.4) is 0 Å². The van der Waals surface area contributed by atoms with E-state index in [1.165, 1.54) is 12.0 Å². The first-order valence-corrected chi connectivity index (χ1v) is 7.48. The summed E-state index contributed by atoms with van der Waals surface area (Å²) >= 11 is 1.74. The van der Waals surface area contributed by atoms with Crippen molar-refractivity contribution in [2.45, 2.75) is 19.9 Å². The number of nitrogens with one attached hydrogen (secondary N) is 1. The quantitative estimate of drug-likeness (QED) is 0.832. The van der Waals surface area contributed by atoms with Gasteiger partial charge >= 0.3 is 5.97 Å². The van der Waals surface area contributed by atoms with Crippen molar-refractivity contribution in [3.63, 3.8) is 0 Å². The Bertz CT molecular complexity index is 564. The van der Waals surface area contributed by atoms with E-state index in [2.05, 4.69) is 36.7 Å². The van der Waals surface area contributed by atoms with Crippen molar-refractivity contribution in [2.24, 2.45) is 5.92 Å². The summed E-state index contributed by atoms with van der Waals surface area (Å²) in [5, 5.41) is 5.58. The molecule has 0 fully saturated rings. The summed E-state index contributed by atoms with van der Waals surface area (Å²) in [7, 11) is 1.39. The van der Waals surface area contributed by atoms with E-state index in [1.54, 1.807) is 17.4 Å². The van der Waals surface area contributed by atoms with Gasteiger partial charge in [-0.05, 0) is 35.6 Å². The van der Waals surface area contributed by atoms with Gasteiger partial charge < -0.3 is 10.1 Å². The molecule has 0 saturated heterocycles. The fourth-order valence-corrected chi connectivity index (χ4v) is 3.02. The van der Waals surface area contributed by atoms with Gasteiger partial charge in [0, 0.05) is 10.6 Å². The molecule has 0 amide bonds. The lowest BCUT2D eigenvalue weighted by Gasteiger charge is -2.22. The molecule has 2 rings (SSSR count). The molecular formula is C16H19NO2S. The van der Waals surface area contributed by atoms with Crippen LogP contribution in [0.1, 0.15) is 35.1 Å². The highest BCUT2D eigenvalue weighted by molar-refractivity contribution is 7.10. The first-order chi connectivity index (χ1) is 9.61. The van der Waals surface area contributed by atoms with Crippen molar-refractivity contribution in [2.75, 3.05) is 12.4 Å². The molecule has 3 nitrogen and oxygen atoms in total. The second kappa shape index (κ2) is 6.57. The normalized spacial score (nSPS) is 12.2. The highest BCUT2D eigenvalue weighted by Crippen LogP contribution is 2.29. The number of thiophene rings is 1. The molecule has 0 aliphatic carbocycles. The zero-order valence-electron chi connectivity index (χ0n) is 11.9. The molecule has 106 valence electrons. The second-order valence-corrected chi connectivity index (χ2v) is 5.93. The third-order valence-electron chi connectivity index (χ3n) is 3.12. The van der Waals surface area contributed by atoms with Crippen LogP contribution in [0.15, 0.2) is 41.8 Å². The number of rotatable bonds is 5. The van der Waals surface area contributed by atoms with Gasteiger partial charge in [-0.3, -0.25) is 0 Å². The Kier molecular flexibility index (Phi) is 4.79. The van der Waals surface area contributed by atoms with E-state index >= 15 is 0 Å². The molecule has 1 aromatic carbocycles. The number of methoxy groups -OCH3 is 1. The second-order valence-electron chi connectivity index (χ2n) is 4.95. The first-order valence-electron chi connectivity index (χ1n) is 6.60. The Hall–Kier alpha value is -1.81. The molecule has 0 spiro atoms. The van der Waals surface area contributed by atoms with Crippen LogP contribution < -0.4 is 5.32 Å². The van der Waals surface area contributed by atoms with Crippen molar-refractivity contribution in [3.05, 3.63) is 52.2 Å². The van der Waals surface area contributed by atoms with Crippen molar-refractivity contribution >= 4 is 23.0 Å². The molecule has 4 heteroatoms. The van der Waals surface area contributed by atoms with E-state index in [9.17, 15) is 4.79 Å². The average molecular weight is 289 g/mol. The lowest BCUT2D eigenvalue weighted by molar-refractivity contribution is 0.0601. The van der Waals surface area contributed by atoms with Crippen LogP contribution in [0.2, 0.25) is 0 Å². The van der Waals surface area contributed by atoms with Gasteiger partial charge in [0.05, 0.1) is 18.7 Å². The fraction of sp³-hybridized carbons (Fsp3) is 0.312. The van der Waals surface area contributed by atoms with Crippen LogP contribution in [0.5, 0.6) is 0 Å². The fourth-order valence-electron chi connectivity index (χ4n) is 2.07. The van der Waals surface area contributed by atoms with Gasteiger partial charge in [-0.1, -0.05) is 26.0 Å². The number of hydrogen-bond donors (Lipinski definition) is 1. The predicted octanol–water partition coefficient (Wildman–Crippen LogP) is 4.34. The zero-order chi connectivity index (χ0) is 14.5. The van der Waals surface area contributed by atoms with Gasteiger partial charge in [-0.2, -0.15) is 0 Å². The molecule has 1 atom stereocenters. The predicted molar refractivity (Wildman–Crippen MR) is 83.3 cm³/mol. The van der Waals surface area contributed by atoms with E-state index in [1.807, 2.05) is 18.2 Å². The molecule has 1 N–H and O–H groups in total. The Morgan fingerprint density at radius 3 is 2.65 bits per heavy atom. The molecule has 0 aliphatic heterocycles. The summed E-state index contributed by atoms with van der Waals surface area (Å²) < 4.78 is 4.75. The number of esters is 1. The third-order valence-corrected chi connectivity index (χ3v) is 4.08. The number of carbonyl (C=O) groups excluding carboxylic acids is 1. The number of ether oxygens (including phenoxy) is 1. The molecule has 1 heterocycles. The highest BCUT2D eigenvalue weighted by atomic mass is 32.1. The lowest BCUT2D eigenvalue weighted by Crippen LogP contribution is -2.16. The van der Waals surface area contributed by atoms with Crippen LogP contribution in [0.25, 0.3) is 0 Å². The standard InChI is InChI=1S/C16H19NO2S/c1-11(2)15(14-8-5-9-20-14)17-13-7-4-6-12(10-13)16(18)19-3/h4-11,15,17H,1-3H3. The maximum atomic E-state index is 11.6. The van der Waals surface area contributed by atoms with Crippen LogP contribution in [0.4, 0.5) is 5.69 Å². The van der Waals surface area contributed by atoms with Crippen LogP contribution in [0, 0.1) is 5.92 Å². The van der Waals surface area contributed by atoms with Gasteiger partial charge in [-0.15, -0.1) is 11.3 Å². The summed E-state index contributed by atoms with van der Waals surface area (Å²) in [6, 6.07) is 11.8. The topological polar surface area (TPSA) is 38.3 Å². The van der Waals surface area contributed by atoms with E-state index in [4.69, 9.17) is 4.74 Å². The zero-order valence-corrected chi connectivity index (χ0v) is 12.7. The van der Waals surface area contributed by atoms with E-state index in [0.717, 1.165) is 5.69 Å². The third kappa shape index (κ3) is 3.39. The first kappa shape index (κ1) is 14.6. The molecule has 2 aromatic rings. The maximum absolute atomic E-state index is 11.6. The highest BCUT2D eigenvalue weighted by Gasteiger charge is 2.17. The molecule has 0 radical (unpaired) electrons. The van der Waals surface area contributed by atoms with E-state index < -0.39 is 0 Å². The smallest absolute Gasteiger partial charge is 0.337 e. The molecule has 0 aliphatic rings. The van der Waals surface area contributed by atoms with Gasteiger partial charge in [0.25, 0.3) is 0 Å². The SMILES string of the molecule is COC(=O)c1cccc(NC(c2cccs2)C(C)C)c1. The molecular weight excluding hydrogens is 270 g/mol. The Morgan fingerprint density at radius 1 is 1.25 bits per heavy atom. The largest absolute Gasteiger partial charge is 0.465 e. The lowest BCUT2D eigenvalue weighted by atomic mass is 10.0. The van der Waals surface area contributed by atoms with Crippen molar-refractivity contribution in [1.29, 1.82) is 0 Å².